The lowest BCUT2D eigenvalue weighted by atomic mass is 10.1. The molecular weight excluding hydrogens is 328 g/mol. The van der Waals surface area contributed by atoms with E-state index in [0.29, 0.717) is 21.6 Å². The summed E-state index contributed by atoms with van der Waals surface area (Å²) in [5.74, 6) is -1.30. The van der Waals surface area contributed by atoms with E-state index in [-0.39, 0.29) is 11.1 Å². The predicted octanol–water partition coefficient (Wildman–Crippen LogP) is 2.77. The Hall–Kier alpha value is -2.54. The van der Waals surface area contributed by atoms with Crippen LogP contribution in [0.5, 0.6) is 0 Å². The lowest BCUT2D eigenvalue weighted by Gasteiger charge is -2.11. The third-order valence-corrected chi connectivity index (χ3v) is 5.28. The first-order valence-corrected chi connectivity index (χ1v) is 8.52. The van der Waals surface area contributed by atoms with Gasteiger partial charge in [-0.2, -0.15) is 0 Å². The molecule has 2 heterocycles. The molecule has 1 fully saturated rings. The molecule has 0 saturated heterocycles. The van der Waals surface area contributed by atoms with Gasteiger partial charge in [0.2, 0.25) is 0 Å². The summed E-state index contributed by atoms with van der Waals surface area (Å²) in [4.78, 5) is 46.7. The van der Waals surface area contributed by atoms with Gasteiger partial charge in [0.25, 0.3) is 11.8 Å². The van der Waals surface area contributed by atoms with Gasteiger partial charge in [-0.25, -0.2) is 9.78 Å². The normalized spacial score (nSPS) is 16.5. The highest BCUT2D eigenvalue weighted by Gasteiger charge is 2.39. The van der Waals surface area contributed by atoms with E-state index in [1.165, 1.54) is 36.3 Å². The zero-order valence-corrected chi connectivity index (χ0v) is 13.8. The van der Waals surface area contributed by atoms with E-state index < -0.39 is 17.8 Å². The van der Waals surface area contributed by atoms with Crippen molar-refractivity contribution in [2.45, 2.75) is 26.2 Å². The zero-order valence-electron chi connectivity index (χ0n) is 12.9. The third-order valence-electron chi connectivity index (χ3n) is 4.12. The summed E-state index contributed by atoms with van der Waals surface area (Å²) >= 11 is 1.27. The Morgan fingerprint density at radius 2 is 1.88 bits per heavy atom. The molecular formula is C17H14N2O4S. The van der Waals surface area contributed by atoms with Crippen LogP contribution in [0.25, 0.3) is 0 Å². The van der Waals surface area contributed by atoms with Crippen molar-refractivity contribution in [3.05, 3.63) is 51.0 Å². The second-order valence-corrected chi connectivity index (χ2v) is 7.08. The number of benzene rings is 1. The number of fused-ring (bicyclic) bond motifs is 1. The van der Waals surface area contributed by atoms with Gasteiger partial charge in [-0.15, -0.1) is 11.3 Å². The summed E-state index contributed by atoms with van der Waals surface area (Å²) in [5.41, 5.74) is 1.05. The van der Waals surface area contributed by atoms with Crippen LogP contribution in [0.15, 0.2) is 24.3 Å². The first kappa shape index (κ1) is 15.0. The molecule has 1 aliphatic heterocycles. The van der Waals surface area contributed by atoms with Crippen molar-refractivity contribution in [1.29, 1.82) is 0 Å². The van der Waals surface area contributed by atoms with E-state index in [2.05, 4.69) is 4.98 Å². The van der Waals surface area contributed by atoms with Crippen molar-refractivity contribution in [2.75, 3.05) is 0 Å². The molecule has 2 aliphatic rings. The van der Waals surface area contributed by atoms with Crippen molar-refractivity contribution in [3.63, 3.8) is 0 Å². The van der Waals surface area contributed by atoms with Gasteiger partial charge in [0.1, 0.15) is 4.88 Å². The van der Waals surface area contributed by atoms with Gasteiger partial charge in [0.15, 0.2) is 0 Å². The van der Waals surface area contributed by atoms with Crippen LogP contribution in [0, 0.1) is 12.8 Å². The molecule has 0 N–H and O–H groups in total. The van der Waals surface area contributed by atoms with Gasteiger partial charge in [0, 0.05) is 6.42 Å². The number of amides is 2. The Balaban J connectivity index is 1.53. The largest absolute Gasteiger partial charge is 0.375 e. The van der Waals surface area contributed by atoms with Gasteiger partial charge in [-0.1, -0.05) is 17.2 Å². The highest BCUT2D eigenvalue weighted by molar-refractivity contribution is 7.13. The Kier molecular flexibility index (Phi) is 3.45. The number of carbonyl (C=O) groups excluding carboxylic acids is 3. The minimum atomic E-state index is -0.721. The number of imide groups is 1. The fraction of sp³-hybridized carbons (Fsp3) is 0.294. The summed E-state index contributed by atoms with van der Waals surface area (Å²) in [6, 6.07) is 6.39. The lowest BCUT2D eigenvalue weighted by molar-refractivity contribution is -0.0581. The molecule has 0 unspecified atom stereocenters. The molecule has 2 aromatic rings. The molecule has 24 heavy (non-hydrogen) atoms. The van der Waals surface area contributed by atoms with Crippen LogP contribution >= 0.6 is 11.3 Å². The van der Waals surface area contributed by atoms with Gasteiger partial charge in [-0.3, -0.25) is 9.59 Å². The van der Waals surface area contributed by atoms with Crippen LogP contribution < -0.4 is 0 Å². The number of thiazole rings is 1. The summed E-state index contributed by atoms with van der Waals surface area (Å²) in [6.45, 7) is 1.73. The third kappa shape index (κ3) is 2.50. The molecule has 0 radical (unpaired) electrons. The van der Waals surface area contributed by atoms with Crippen molar-refractivity contribution < 1.29 is 19.2 Å². The van der Waals surface area contributed by atoms with Gasteiger partial charge in [0.05, 0.1) is 21.8 Å². The van der Waals surface area contributed by atoms with E-state index in [1.807, 2.05) is 0 Å². The average Bonchev–Trinajstić information content (AvgIpc) is 3.26. The quantitative estimate of drug-likeness (QED) is 0.799. The molecule has 6 nitrogen and oxygen atoms in total. The van der Waals surface area contributed by atoms with Crippen molar-refractivity contribution in [2.24, 2.45) is 5.92 Å². The van der Waals surface area contributed by atoms with Crippen LogP contribution in [0.1, 0.15) is 53.9 Å². The van der Waals surface area contributed by atoms with Crippen molar-refractivity contribution in [3.8, 4) is 0 Å². The van der Waals surface area contributed by atoms with Crippen molar-refractivity contribution >= 4 is 29.1 Å². The Bertz CT molecular complexity index is 834. The van der Waals surface area contributed by atoms with Gasteiger partial charge >= 0.3 is 5.97 Å². The van der Waals surface area contributed by atoms with Crippen LogP contribution in [0.2, 0.25) is 0 Å². The van der Waals surface area contributed by atoms with E-state index in [1.54, 1.807) is 19.1 Å². The topological polar surface area (TPSA) is 76.6 Å². The number of hydrogen-bond donors (Lipinski definition) is 0. The summed E-state index contributed by atoms with van der Waals surface area (Å²) < 4.78 is 0. The van der Waals surface area contributed by atoms with Crippen LogP contribution in [0.4, 0.5) is 0 Å². The Labute approximate surface area is 142 Å². The van der Waals surface area contributed by atoms with Gasteiger partial charge < -0.3 is 4.84 Å². The first-order chi connectivity index (χ1) is 11.5. The number of hydroxylamine groups is 2. The van der Waals surface area contributed by atoms with E-state index in [9.17, 15) is 14.4 Å². The molecule has 1 aliphatic carbocycles. The number of hydrogen-bond acceptors (Lipinski definition) is 6. The average molecular weight is 342 g/mol. The summed E-state index contributed by atoms with van der Waals surface area (Å²) in [7, 11) is 0. The van der Waals surface area contributed by atoms with Crippen LogP contribution in [-0.2, 0) is 11.3 Å². The minimum Gasteiger partial charge on any atom is -0.323 e. The number of aryl methyl sites for hydroxylation is 1. The molecule has 7 heteroatoms. The maximum atomic E-state index is 12.4. The fourth-order valence-electron chi connectivity index (χ4n) is 2.67. The van der Waals surface area contributed by atoms with Gasteiger partial charge in [-0.05, 0) is 37.8 Å². The predicted molar refractivity (Wildman–Crippen MR) is 85.6 cm³/mol. The number of aromatic nitrogens is 1. The molecule has 1 aromatic heterocycles. The van der Waals surface area contributed by atoms with Crippen LogP contribution in [0.3, 0.4) is 0 Å². The maximum absolute atomic E-state index is 12.4. The second kappa shape index (κ2) is 5.52. The SMILES string of the molecule is Cc1nc(CC2CC2)sc1C(=O)ON1C(=O)c2ccccc2C1=O. The van der Waals surface area contributed by atoms with Crippen LogP contribution in [-0.4, -0.2) is 27.8 Å². The Morgan fingerprint density at radius 1 is 1.25 bits per heavy atom. The molecule has 122 valence electrons. The Morgan fingerprint density at radius 3 is 2.46 bits per heavy atom. The minimum absolute atomic E-state index is 0.241. The zero-order chi connectivity index (χ0) is 16.8. The molecule has 2 amide bonds. The molecule has 0 bridgehead atoms. The van der Waals surface area contributed by atoms with E-state index in [0.717, 1.165) is 11.4 Å². The van der Waals surface area contributed by atoms with E-state index in [4.69, 9.17) is 4.84 Å². The monoisotopic (exact) mass is 342 g/mol. The highest BCUT2D eigenvalue weighted by atomic mass is 32.1. The van der Waals surface area contributed by atoms with E-state index >= 15 is 0 Å². The molecule has 0 atom stereocenters. The molecule has 1 saturated carbocycles. The smallest absolute Gasteiger partial charge is 0.323 e. The number of nitrogens with zero attached hydrogens (tertiary/aromatic N) is 2. The second-order valence-electron chi connectivity index (χ2n) is 6.00. The summed E-state index contributed by atoms with van der Waals surface area (Å²) in [5, 5.41) is 1.43. The molecule has 4 rings (SSSR count). The molecule has 0 spiro atoms. The summed E-state index contributed by atoms with van der Waals surface area (Å²) in [6.07, 6.45) is 3.27. The molecule has 1 aromatic carbocycles. The fourth-order valence-corrected chi connectivity index (χ4v) is 3.72. The number of carbonyl (C=O) groups is 3. The standard InChI is InChI=1S/C17H14N2O4S/c1-9-14(24-13(18-9)8-10-6-7-10)17(22)23-19-15(20)11-4-2-3-5-12(11)16(19)21/h2-5,10H,6-8H2,1H3. The highest BCUT2D eigenvalue weighted by Crippen LogP contribution is 2.34. The maximum Gasteiger partial charge on any atom is 0.375 e. The van der Waals surface area contributed by atoms with Crippen molar-refractivity contribution in [1.82, 2.24) is 10.0 Å². The first-order valence-electron chi connectivity index (χ1n) is 7.71. The lowest BCUT2D eigenvalue weighted by Crippen LogP contribution is -2.32. The number of rotatable bonds is 4.